The lowest BCUT2D eigenvalue weighted by Crippen LogP contribution is -2.23. The molecular formula is C17H19NO4S. The van der Waals surface area contributed by atoms with E-state index in [1.165, 1.54) is 31.2 Å². The molecule has 2 aromatic carbocycles. The Morgan fingerprint density at radius 1 is 1.04 bits per heavy atom. The van der Waals surface area contributed by atoms with Crippen LogP contribution >= 0.6 is 0 Å². The van der Waals surface area contributed by atoms with E-state index in [-0.39, 0.29) is 17.2 Å². The van der Waals surface area contributed by atoms with E-state index in [1.807, 2.05) is 19.1 Å². The van der Waals surface area contributed by atoms with E-state index < -0.39 is 10.0 Å². The van der Waals surface area contributed by atoms with Gasteiger partial charge in [0.2, 0.25) is 10.0 Å². The number of carbonyl (C=O) groups is 1. The molecule has 0 aliphatic carbocycles. The summed E-state index contributed by atoms with van der Waals surface area (Å²) in [6, 6.07) is 13.1. The zero-order valence-corrected chi connectivity index (χ0v) is 13.9. The number of sulfonamides is 1. The number of carbonyl (C=O) groups excluding carboxylic acids is 1. The molecule has 0 aliphatic heterocycles. The molecule has 0 aromatic heterocycles. The summed E-state index contributed by atoms with van der Waals surface area (Å²) in [5, 5.41) is 0. The third kappa shape index (κ3) is 4.64. The molecule has 0 amide bonds. The van der Waals surface area contributed by atoms with E-state index in [4.69, 9.17) is 4.74 Å². The molecule has 0 heterocycles. The van der Waals surface area contributed by atoms with Crippen molar-refractivity contribution in [2.24, 2.45) is 0 Å². The maximum atomic E-state index is 12.2. The maximum Gasteiger partial charge on any atom is 0.240 e. The van der Waals surface area contributed by atoms with Crippen molar-refractivity contribution in [1.29, 1.82) is 0 Å². The highest BCUT2D eigenvalue weighted by molar-refractivity contribution is 7.89. The van der Waals surface area contributed by atoms with Crippen LogP contribution in [0.15, 0.2) is 53.4 Å². The predicted molar refractivity (Wildman–Crippen MR) is 88.1 cm³/mol. The Morgan fingerprint density at radius 3 is 2.17 bits per heavy atom. The normalized spacial score (nSPS) is 11.2. The van der Waals surface area contributed by atoms with Gasteiger partial charge >= 0.3 is 0 Å². The monoisotopic (exact) mass is 333 g/mol. The summed E-state index contributed by atoms with van der Waals surface area (Å²) >= 11 is 0. The first-order valence-electron chi connectivity index (χ1n) is 7.25. The lowest BCUT2D eigenvalue weighted by Gasteiger charge is -2.08. The van der Waals surface area contributed by atoms with Gasteiger partial charge < -0.3 is 4.74 Å². The van der Waals surface area contributed by atoms with Crippen LogP contribution in [0.25, 0.3) is 0 Å². The van der Waals surface area contributed by atoms with Gasteiger partial charge in [-0.2, -0.15) is 0 Å². The molecule has 0 aliphatic rings. The fourth-order valence-electron chi connectivity index (χ4n) is 2.00. The van der Waals surface area contributed by atoms with E-state index >= 15 is 0 Å². The van der Waals surface area contributed by atoms with Gasteiger partial charge in [-0.1, -0.05) is 24.3 Å². The number of hydrogen-bond acceptors (Lipinski definition) is 4. The molecule has 2 aromatic rings. The Labute approximate surface area is 136 Å². The van der Waals surface area contributed by atoms with Gasteiger partial charge in [0, 0.05) is 12.1 Å². The first-order chi connectivity index (χ1) is 10.9. The molecule has 0 bridgehead atoms. The lowest BCUT2D eigenvalue weighted by molar-refractivity contribution is 0.101. The second-order valence-electron chi connectivity index (χ2n) is 4.98. The highest BCUT2D eigenvalue weighted by atomic mass is 32.2. The summed E-state index contributed by atoms with van der Waals surface area (Å²) in [4.78, 5) is 11.3. The van der Waals surface area contributed by atoms with Crippen LogP contribution in [0.3, 0.4) is 0 Å². The first-order valence-corrected chi connectivity index (χ1v) is 8.73. The average Bonchev–Trinajstić information content (AvgIpc) is 2.55. The molecule has 122 valence electrons. The van der Waals surface area contributed by atoms with Crippen LogP contribution in [-0.4, -0.2) is 20.8 Å². The number of hydrogen-bond donors (Lipinski definition) is 1. The number of ether oxygens (including phenoxy) is 1. The fraction of sp³-hybridized carbons (Fsp3) is 0.235. The van der Waals surface area contributed by atoms with Gasteiger partial charge in [0.1, 0.15) is 5.75 Å². The summed E-state index contributed by atoms with van der Waals surface area (Å²) < 4.78 is 32.3. The fourth-order valence-corrected chi connectivity index (χ4v) is 3.02. The zero-order valence-electron chi connectivity index (χ0n) is 13.1. The predicted octanol–water partition coefficient (Wildman–Crippen LogP) is 2.77. The number of benzene rings is 2. The average molecular weight is 333 g/mol. The van der Waals surface area contributed by atoms with E-state index in [0.717, 1.165) is 11.3 Å². The Morgan fingerprint density at radius 2 is 1.65 bits per heavy atom. The van der Waals surface area contributed by atoms with Crippen molar-refractivity contribution in [3.05, 3.63) is 59.7 Å². The second-order valence-corrected chi connectivity index (χ2v) is 6.75. The lowest BCUT2D eigenvalue weighted by atomic mass is 10.2. The highest BCUT2D eigenvalue weighted by Crippen LogP contribution is 2.14. The van der Waals surface area contributed by atoms with Gasteiger partial charge in [0.25, 0.3) is 0 Å². The number of rotatable bonds is 7. The minimum Gasteiger partial charge on any atom is -0.494 e. The summed E-state index contributed by atoms with van der Waals surface area (Å²) in [5.74, 6) is 0.648. The van der Waals surface area contributed by atoms with Crippen molar-refractivity contribution in [1.82, 2.24) is 4.72 Å². The molecule has 0 radical (unpaired) electrons. The Balaban J connectivity index is 2.04. The number of ketones is 1. The van der Waals surface area contributed by atoms with Crippen molar-refractivity contribution in [3.63, 3.8) is 0 Å². The number of nitrogens with one attached hydrogen (secondary N) is 1. The third-order valence-corrected chi connectivity index (χ3v) is 4.69. The van der Waals surface area contributed by atoms with Crippen LogP contribution < -0.4 is 9.46 Å². The van der Waals surface area contributed by atoms with Gasteiger partial charge in [-0.05, 0) is 43.7 Å². The summed E-state index contributed by atoms with van der Waals surface area (Å²) in [6.07, 6.45) is 0. The molecule has 0 atom stereocenters. The molecule has 0 saturated carbocycles. The quantitative estimate of drug-likeness (QED) is 0.791. The van der Waals surface area contributed by atoms with Crippen molar-refractivity contribution in [3.8, 4) is 5.75 Å². The molecule has 2 rings (SSSR count). The molecule has 0 saturated heterocycles. The molecule has 5 nitrogen and oxygen atoms in total. The van der Waals surface area contributed by atoms with E-state index in [1.54, 1.807) is 12.1 Å². The van der Waals surface area contributed by atoms with E-state index in [0.29, 0.717) is 12.2 Å². The largest absolute Gasteiger partial charge is 0.494 e. The van der Waals surface area contributed by atoms with Crippen molar-refractivity contribution >= 4 is 15.8 Å². The van der Waals surface area contributed by atoms with Crippen LogP contribution in [0.2, 0.25) is 0 Å². The summed E-state index contributed by atoms with van der Waals surface area (Å²) in [5.41, 5.74) is 1.31. The van der Waals surface area contributed by atoms with Gasteiger partial charge in [-0.3, -0.25) is 4.79 Å². The van der Waals surface area contributed by atoms with Gasteiger partial charge in [-0.15, -0.1) is 0 Å². The second kappa shape index (κ2) is 7.39. The standard InChI is InChI=1S/C17H19NO4S/c1-3-22-16-8-4-14(5-9-16)12-18-23(20,21)17-10-6-15(7-11-17)13(2)19/h4-11,18H,3,12H2,1-2H3. The molecule has 0 spiro atoms. The van der Waals surface area contributed by atoms with Crippen LogP contribution in [-0.2, 0) is 16.6 Å². The molecule has 0 unspecified atom stereocenters. The minimum absolute atomic E-state index is 0.101. The Bertz CT molecular complexity index is 765. The highest BCUT2D eigenvalue weighted by Gasteiger charge is 2.14. The topological polar surface area (TPSA) is 72.5 Å². The van der Waals surface area contributed by atoms with Crippen molar-refractivity contribution in [2.45, 2.75) is 25.3 Å². The molecule has 23 heavy (non-hydrogen) atoms. The molecule has 0 fully saturated rings. The van der Waals surface area contributed by atoms with E-state index in [2.05, 4.69) is 4.72 Å². The smallest absolute Gasteiger partial charge is 0.240 e. The van der Waals surface area contributed by atoms with E-state index in [9.17, 15) is 13.2 Å². The summed E-state index contributed by atoms with van der Waals surface area (Å²) in [7, 11) is -3.61. The van der Waals surface area contributed by atoms with Gasteiger partial charge in [0.15, 0.2) is 5.78 Å². The van der Waals surface area contributed by atoms with Crippen molar-refractivity contribution < 1.29 is 17.9 Å². The van der Waals surface area contributed by atoms with Crippen LogP contribution in [0.4, 0.5) is 0 Å². The van der Waals surface area contributed by atoms with Gasteiger partial charge in [-0.25, -0.2) is 13.1 Å². The SMILES string of the molecule is CCOc1ccc(CNS(=O)(=O)c2ccc(C(C)=O)cc2)cc1. The zero-order chi connectivity index (χ0) is 16.9. The van der Waals surface area contributed by atoms with Crippen LogP contribution in [0, 0.1) is 0 Å². The molecule has 1 N–H and O–H groups in total. The van der Waals surface area contributed by atoms with Crippen molar-refractivity contribution in [2.75, 3.05) is 6.61 Å². The Hall–Kier alpha value is -2.18. The Kier molecular flexibility index (Phi) is 5.52. The third-order valence-electron chi connectivity index (χ3n) is 3.27. The maximum absolute atomic E-state index is 12.2. The van der Waals surface area contributed by atoms with Gasteiger partial charge in [0.05, 0.1) is 11.5 Å². The molecular weight excluding hydrogens is 314 g/mol. The van der Waals surface area contributed by atoms with Crippen LogP contribution in [0.5, 0.6) is 5.75 Å². The number of Topliss-reactive ketones (excluding diaryl/α,β-unsaturated/α-hetero) is 1. The summed E-state index contributed by atoms with van der Waals surface area (Å²) in [6.45, 7) is 4.11. The molecule has 6 heteroatoms. The first kappa shape index (κ1) is 17.2. The van der Waals surface area contributed by atoms with Crippen LogP contribution in [0.1, 0.15) is 29.8 Å². The minimum atomic E-state index is -3.61.